The van der Waals surface area contributed by atoms with Crippen LogP contribution in [0.3, 0.4) is 0 Å². The molecule has 1 aromatic carbocycles. The Morgan fingerprint density at radius 1 is 1.23 bits per heavy atom. The first-order chi connectivity index (χ1) is 14.7. The topological polar surface area (TPSA) is 72.3 Å². The zero-order chi connectivity index (χ0) is 22.3. The van der Waals surface area contributed by atoms with Crippen LogP contribution in [0.25, 0.3) is 11.1 Å². The maximum Gasteiger partial charge on any atom is 0.419 e. The minimum absolute atomic E-state index is 0.180. The quantitative estimate of drug-likeness (QED) is 0.669. The highest BCUT2D eigenvalue weighted by Gasteiger charge is 2.37. The Kier molecular flexibility index (Phi) is 5.08. The van der Waals surface area contributed by atoms with Gasteiger partial charge in [0.2, 0.25) is 0 Å². The molecule has 1 atom stereocenters. The van der Waals surface area contributed by atoms with Gasteiger partial charge in [-0.05, 0) is 36.8 Å². The largest absolute Gasteiger partial charge is 0.496 e. The summed E-state index contributed by atoms with van der Waals surface area (Å²) in [5, 5.41) is 7.34. The Morgan fingerprint density at radius 3 is 2.68 bits per heavy atom. The molecule has 0 aliphatic carbocycles. The molecular formula is C21H20F3N5O2. The van der Waals surface area contributed by atoms with Gasteiger partial charge < -0.3 is 15.0 Å². The number of aromatic nitrogens is 3. The molecule has 0 saturated heterocycles. The molecule has 1 N–H and O–H groups in total. The Labute approximate surface area is 176 Å². The van der Waals surface area contributed by atoms with Gasteiger partial charge in [0.15, 0.2) is 0 Å². The van der Waals surface area contributed by atoms with Gasteiger partial charge in [0, 0.05) is 37.1 Å². The molecule has 7 nitrogen and oxygen atoms in total. The van der Waals surface area contributed by atoms with Crippen LogP contribution in [-0.2, 0) is 6.18 Å². The normalized spacial score (nSPS) is 16.3. The molecule has 1 amide bonds. The molecule has 31 heavy (non-hydrogen) atoms. The van der Waals surface area contributed by atoms with Crippen molar-refractivity contribution in [3.8, 4) is 16.9 Å². The summed E-state index contributed by atoms with van der Waals surface area (Å²) in [6.45, 7) is 2.16. The number of rotatable bonds is 4. The number of benzene rings is 1. The van der Waals surface area contributed by atoms with Crippen molar-refractivity contribution < 1.29 is 22.7 Å². The number of anilines is 2. The molecular weight excluding hydrogens is 411 g/mol. The van der Waals surface area contributed by atoms with Crippen molar-refractivity contribution in [1.82, 2.24) is 14.8 Å². The van der Waals surface area contributed by atoms with E-state index >= 15 is 0 Å². The summed E-state index contributed by atoms with van der Waals surface area (Å²) in [7, 11) is 2.91. The molecule has 0 fully saturated rings. The fraction of sp³-hybridized carbons (Fsp3) is 0.286. The second-order valence-corrected chi connectivity index (χ2v) is 7.18. The second-order valence-electron chi connectivity index (χ2n) is 7.18. The van der Waals surface area contributed by atoms with Gasteiger partial charge in [-0.25, -0.2) is 4.98 Å². The summed E-state index contributed by atoms with van der Waals surface area (Å²) < 4.78 is 46.3. The van der Waals surface area contributed by atoms with Crippen LogP contribution in [0, 0.1) is 0 Å². The molecule has 0 saturated carbocycles. The highest BCUT2D eigenvalue weighted by Crippen LogP contribution is 2.40. The predicted octanol–water partition coefficient (Wildman–Crippen LogP) is 4.24. The van der Waals surface area contributed by atoms with E-state index in [1.165, 1.54) is 24.1 Å². The lowest BCUT2D eigenvalue weighted by molar-refractivity contribution is -0.138. The first-order valence-corrected chi connectivity index (χ1v) is 9.53. The number of pyridine rings is 1. The number of nitrogens with one attached hydrogen (secondary N) is 1. The summed E-state index contributed by atoms with van der Waals surface area (Å²) in [6, 6.07) is 6.85. The highest BCUT2D eigenvalue weighted by molar-refractivity contribution is 6.10. The van der Waals surface area contributed by atoms with E-state index in [1.807, 2.05) is 6.92 Å². The summed E-state index contributed by atoms with van der Waals surface area (Å²) in [5.41, 5.74) is 1.18. The number of ether oxygens (including phenoxy) is 1. The number of fused-ring (bicyclic) bond motifs is 1. The average molecular weight is 431 g/mol. The monoisotopic (exact) mass is 431 g/mol. The fourth-order valence-corrected chi connectivity index (χ4v) is 3.71. The molecule has 3 heterocycles. The van der Waals surface area contributed by atoms with Crippen LogP contribution >= 0.6 is 0 Å². The molecule has 1 aliphatic rings. The van der Waals surface area contributed by atoms with Crippen molar-refractivity contribution in [2.45, 2.75) is 19.1 Å². The Hall–Kier alpha value is -3.56. The van der Waals surface area contributed by atoms with Gasteiger partial charge in [0.25, 0.3) is 5.91 Å². The average Bonchev–Trinajstić information content (AvgIpc) is 3.21. The van der Waals surface area contributed by atoms with E-state index in [0.29, 0.717) is 22.8 Å². The van der Waals surface area contributed by atoms with E-state index in [-0.39, 0.29) is 24.2 Å². The lowest BCUT2D eigenvalue weighted by Gasteiger charge is -2.32. The fourth-order valence-electron chi connectivity index (χ4n) is 3.71. The van der Waals surface area contributed by atoms with Gasteiger partial charge >= 0.3 is 6.18 Å². The van der Waals surface area contributed by atoms with Crippen molar-refractivity contribution in [2.24, 2.45) is 0 Å². The van der Waals surface area contributed by atoms with Gasteiger partial charge in [0.05, 0.1) is 24.9 Å². The SMILES string of the molecule is CNc1cc(-c2cnn3c2C(=O)N(c2ccc(C(F)(F)F)c(OC)c2)C[C@@H]3C)ccn1. The Bertz CT molecular complexity index is 1140. The van der Waals surface area contributed by atoms with Gasteiger partial charge in [-0.3, -0.25) is 9.48 Å². The number of hydrogen-bond acceptors (Lipinski definition) is 5. The number of nitrogens with zero attached hydrogens (tertiary/aromatic N) is 4. The third-order valence-electron chi connectivity index (χ3n) is 5.24. The van der Waals surface area contributed by atoms with E-state index < -0.39 is 11.7 Å². The molecule has 0 bridgehead atoms. The van der Waals surface area contributed by atoms with Crippen molar-refractivity contribution in [3.63, 3.8) is 0 Å². The van der Waals surface area contributed by atoms with Crippen molar-refractivity contribution in [3.05, 3.63) is 54.0 Å². The van der Waals surface area contributed by atoms with E-state index in [0.717, 1.165) is 11.6 Å². The summed E-state index contributed by atoms with van der Waals surface area (Å²) in [6.07, 6.45) is -1.31. The minimum Gasteiger partial charge on any atom is -0.496 e. The summed E-state index contributed by atoms with van der Waals surface area (Å²) >= 11 is 0. The number of amides is 1. The van der Waals surface area contributed by atoms with Gasteiger partial charge in [-0.1, -0.05) is 0 Å². The predicted molar refractivity (Wildman–Crippen MR) is 109 cm³/mol. The van der Waals surface area contributed by atoms with Crippen molar-refractivity contribution in [1.29, 1.82) is 0 Å². The summed E-state index contributed by atoms with van der Waals surface area (Å²) in [4.78, 5) is 19.1. The number of carbonyl (C=O) groups is 1. The smallest absolute Gasteiger partial charge is 0.419 e. The van der Waals surface area contributed by atoms with Gasteiger partial charge in [0.1, 0.15) is 17.3 Å². The second kappa shape index (κ2) is 7.60. The lowest BCUT2D eigenvalue weighted by atomic mass is 10.0. The molecule has 0 unspecified atom stereocenters. The molecule has 0 radical (unpaired) electrons. The maximum absolute atomic E-state index is 13.4. The number of alkyl halides is 3. The molecule has 162 valence electrons. The third kappa shape index (κ3) is 3.58. The van der Waals surface area contributed by atoms with Crippen LogP contribution in [0.5, 0.6) is 5.75 Å². The van der Waals surface area contributed by atoms with Crippen LogP contribution in [0.1, 0.15) is 29.0 Å². The van der Waals surface area contributed by atoms with Gasteiger partial charge in [-0.2, -0.15) is 18.3 Å². The first kappa shape index (κ1) is 20.7. The number of halogens is 3. The molecule has 2 aromatic heterocycles. The number of hydrogen-bond donors (Lipinski definition) is 1. The highest BCUT2D eigenvalue weighted by atomic mass is 19.4. The first-order valence-electron chi connectivity index (χ1n) is 9.53. The Morgan fingerprint density at radius 2 is 2.00 bits per heavy atom. The molecule has 4 rings (SSSR count). The molecule has 3 aromatic rings. The standard InChI is InChI=1S/C21H20F3N5O2/c1-12-11-28(14-4-5-16(21(22,23)24)17(9-14)31-3)20(30)19-15(10-27-29(12)19)13-6-7-26-18(8-13)25-2/h4-10,12H,11H2,1-3H3,(H,25,26)/t12-/m0/s1. The maximum atomic E-state index is 13.4. The Balaban J connectivity index is 1.78. The van der Waals surface area contributed by atoms with Crippen molar-refractivity contribution in [2.75, 3.05) is 30.9 Å². The lowest BCUT2D eigenvalue weighted by Crippen LogP contribution is -2.42. The van der Waals surface area contributed by atoms with E-state index in [9.17, 15) is 18.0 Å². The van der Waals surface area contributed by atoms with E-state index in [1.54, 1.807) is 36.3 Å². The number of methoxy groups -OCH3 is 1. The zero-order valence-corrected chi connectivity index (χ0v) is 17.1. The number of carbonyl (C=O) groups excluding carboxylic acids is 1. The van der Waals surface area contributed by atoms with Crippen LogP contribution in [0.4, 0.5) is 24.7 Å². The van der Waals surface area contributed by atoms with Crippen LogP contribution in [-0.4, -0.2) is 41.4 Å². The van der Waals surface area contributed by atoms with Crippen LogP contribution < -0.4 is 15.0 Å². The zero-order valence-electron chi connectivity index (χ0n) is 17.1. The van der Waals surface area contributed by atoms with Crippen molar-refractivity contribution >= 4 is 17.4 Å². The van der Waals surface area contributed by atoms with Crippen LogP contribution in [0.2, 0.25) is 0 Å². The molecule has 1 aliphatic heterocycles. The minimum atomic E-state index is -4.55. The molecule has 10 heteroatoms. The summed E-state index contributed by atoms with van der Waals surface area (Å²) in [5.74, 6) is -0.0501. The van der Waals surface area contributed by atoms with Gasteiger partial charge in [-0.15, -0.1) is 0 Å². The van der Waals surface area contributed by atoms with E-state index in [4.69, 9.17) is 4.74 Å². The van der Waals surface area contributed by atoms with E-state index in [2.05, 4.69) is 15.4 Å². The molecule has 0 spiro atoms. The van der Waals surface area contributed by atoms with Crippen LogP contribution in [0.15, 0.2) is 42.7 Å². The third-order valence-corrected chi connectivity index (χ3v) is 5.24.